The molecule has 6 nitrogen and oxygen atoms in total. The molecule has 1 heterocycles. The van der Waals surface area contributed by atoms with Gasteiger partial charge in [-0.1, -0.05) is 6.07 Å². The zero-order chi connectivity index (χ0) is 18.9. The molecule has 0 saturated heterocycles. The number of hydrogen-bond donors (Lipinski definition) is 2. The number of nitrogens with zero attached hydrogens (tertiary/aromatic N) is 1. The summed E-state index contributed by atoms with van der Waals surface area (Å²) < 4.78 is 0. The molecule has 0 aliphatic heterocycles. The Bertz CT molecular complexity index is 738. The fourth-order valence-corrected chi connectivity index (χ4v) is 3.04. The summed E-state index contributed by atoms with van der Waals surface area (Å²) in [7, 11) is 0. The van der Waals surface area contributed by atoms with E-state index in [0.717, 1.165) is 0 Å². The van der Waals surface area contributed by atoms with Crippen molar-refractivity contribution in [3.05, 3.63) is 52.2 Å². The third kappa shape index (κ3) is 5.42. The van der Waals surface area contributed by atoms with Crippen molar-refractivity contribution in [3.8, 4) is 0 Å². The first-order valence-corrected chi connectivity index (χ1v) is 9.44. The van der Waals surface area contributed by atoms with Crippen molar-refractivity contribution >= 4 is 34.7 Å². The molecule has 0 spiro atoms. The SMILES string of the molecule is CCN(CC)C(=O)c1ccc(NC(=O)CCNC(=O)c2cccs2)cc1. The van der Waals surface area contributed by atoms with Crippen LogP contribution in [0.2, 0.25) is 0 Å². The van der Waals surface area contributed by atoms with Gasteiger partial charge in [-0.15, -0.1) is 11.3 Å². The first-order chi connectivity index (χ1) is 12.5. The predicted octanol–water partition coefficient (Wildman–Crippen LogP) is 2.99. The van der Waals surface area contributed by atoms with Gasteiger partial charge in [-0.05, 0) is 49.6 Å². The average molecular weight is 373 g/mol. The van der Waals surface area contributed by atoms with E-state index in [2.05, 4.69) is 10.6 Å². The molecule has 7 heteroatoms. The summed E-state index contributed by atoms with van der Waals surface area (Å²) >= 11 is 1.36. The van der Waals surface area contributed by atoms with E-state index in [4.69, 9.17) is 0 Å². The van der Waals surface area contributed by atoms with Gasteiger partial charge in [-0.3, -0.25) is 14.4 Å². The second-order valence-electron chi connectivity index (χ2n) is 5.59. The van der Waals surface area contributed by atoms with Crippen molar-refractivity contribution in [2.45, 2.75) is 20.3 Å². The lowest BCUT2D eigenvalue weighted by atomic mass is 10.1. The summed E-state index contributed by atoms with van der Waals surface area (Å²) in [5.41, 5.74) is 1.21. The standard InChI is InChI=1S/C19H23N3O3S/c1-3-22(4-2)19(25)14-7-9-15(10-8-14)21-17(23)11-12-20-18(24)16-6-5-13-26-16/h5-10,13H,3-4,11-12H2,1-2H3,(H,20,24)(H,21,23). The van der Waals surface area contributed by atoms with Crippen LogP contribution in [0.1, 0.15) is 40.3 Å². The van der Waals surface area contributed by atoms with Crippen LogP contribution < -0.4 is 10.6 Å². The Morgan fingerprint density at radius 3 is 2.31 bits per heavy atom. The van der Waals surface area contributed by atoms with Gasteiger partial charge in [0.1, 0.15) is 0 Å². The quantitative estimate of drug-likeness (QED) is 0.747. The maximum Gasteiger partial charge on any atom is 0.261 e. The van der Waals surface area contributed by atoms with Crippen molar-refractivity contribution in [1.82, 2.24) is 10.2 Å². The molecule has 0 radical (unpaired) electrons. The molecule has 0 aliphatic rings. The summed E-state index contributed by atoms with van der Waals surface area (Å²) in [6.45, 7) is 5.46. The highest BCUT2D eigenvalue weighted by Gasteiger charge is 2.12. The molecule has 2 rings (SSSR count). The minimum Gasteiger partial charge on any atom is -0.351 e. The zero-order valence-corrected chi connectivity index (χ0v) is 15.8. The lowest BCUT2D eigenvalue weighted by molar-refractivity contribution is -0.116. The molecule has 1 aromatic carbocycles. The number of rotatable bonds is 8. The van der Waals surface area contributed by atoms with E-state index in [9.17, 15) is 14.4 Å². The molecule has 138 valence electrons. The Balaban J connectivity index is 1.80. The monoisotopic (exact) mass is 373 g/mol. The lowest BCUT2D eigenvalue weighted by Crippen LogP contribution is -2.30. The molecule has 0 bridgehead atoms. The van der Waals surface area contributed by atoms with Gasteiger partial charge >= 0.3 is 0 Å². The van der Waals surface area contributed by atoms with E-state index in [0.29, 0.717) is 29.2 Å². The minimum atomic E-state index is -0.195. The minimum absolute atomic E-state index is 0.0239. The molecular formula is C19H23N3O3S. The second kappa shape index (κ2) is 9.72. The number of hydrogen-bond acceptors (Lipinski definition) is 4. The average Bonchev–Trinajstić information content (AvgIpc) is 3.18. The highest BCUT2D eigenvalue weighted by molar-refractivity contribution is 7.12. The number of nitrogens with one attached hydrogen (secondary N) is 2. The molecule has 2 aromatic rings. The zero-order valence-electron chi connectivity index (χ0n) is 15.0. The van der Waals surface area contributed by atoms with Crippen LogP contribution in [0.4, 0.5) is 5.69 Å². The van der Waals surface area contributed by atoms with Gasteiger partial charge in [-0.25, -0.2) is 0 Å². The van der Waals surface area contributed by atoms with Crippen LogP contribution in [0, 0.1) is 0 Å². The van der Waals surface area contributed by atoms with E-state index in [1.54, 1.807) is 41.3 Å². The van der Waals surface area contributed by atoms with E-state index >= 15 is 0 Å². The van der Waals surface area contributed by atoms with Crippen molar-refractivity contribution in [3.63, 3.8) is 0 Å². The van der Waals surface area contributed by atoms with Gasteiger partial charge in [0.2, 0.25) is 5.91 Å². The lowest BCUT2D eigenvalue weighted by Gasteiger charge is -2.18. The summed E-state index contributed by atoms with van der Waals surface area (Å²) in [5, 5.41) is 7.30. The van der Waals surface area contributed by atoms with Crippen LogP contribution in [0.15, 0.2) is 41.8 Å². The van der Waals surface area contributed by atoms with Crippen LogP contribution in [0.25, 0.3) is 0 Å². The number of carbonyl (C=O) groups excluding carboxylic acids is 3. The van der Waals surface area contributed by atoms with Gasteiger partial charge in [-0.2, -0.15) is 0 Å². The van der Waals surface area contributed by atoms with E-state index < -0.39 is 0 Å². The molecular weight excluding hydrogens is 350 g/mol. The number of thiophene rings is 1. The number of carbonyl (C=O) groups is 3. The van der Waals surface area contributed by atoms with Gasteiger partial charge in [0.05, 0.1) is 4.88 Å². The van der Waals surface area contributed by atoms with Crippen LogP contribution in [-0.2, 0) is 4.79 Å². The van der Waals surface area contributed by atoms with Crippen molar-refractivity contribution in [1.29, 1.82) is 0 Å². The normalized spacial score (nSPS) is 10.2. The molecule has 0 saturated carbocycles. The van der Waals surface area contributed by atoms with E-state index in [-0.39, 0.29) is 30.7 Å². The third-order valence-corrected chi connectivity index (χ3v) is 4.72. The Kier molecular flexibility index (Phi) is 7.35. The Morgan fingerprint density at radius 1 is 1.04 bits per heavy atom. The Morgan fingerprint density at radius 2 is 1.73 bits per heavy atom. The summed E-state index contributed by atoms with van der Waals surface area (Å²) in [6.07, 6.45) is 0.178. The number of benzene rings is 1. The van der Waals surface area contributed by atoms with Crippen molar-refractivity contribution < 1.29 is 14.4 Å². The molecule has 0 unspecified atom stereocenters. The van der Waals surface area contributed by atoms with E-state index in [1.807, 2.05) is 19.2 Å². The van der Waals surface area contributed by atoms with Crippen molar-refractivity contribution in [2.75, 3.05) is 25.0 Å². The van der Waals surface area contributed by atoms with Crippen LogP contribution in [0.3, 0.4) is 0 Å². The number of amides is 3. The molecule has 26 heavy (non-hydrogen) atoms. The Labute approximate surface area is 157 Å². The molecule has 0 aliphatic carbocycles. The maximum atomic E-state index is 12.2. The fraction of sp³-hybridized carbons (Fsp3) is 0.316. The largest absolute Gasteiger partial charge is 0.351 e. The number of anilines is 1. The van der Waals surface area contributed by atoms with Crippen LogP contribution in [0.5, 0.6) is 0 Å². The van der Waals surface area contributed by atoms with Gasteiger partial charge in [0, 0.05) is 37.3 Å². The first-order valence-electron chi connectivity index (χ1n) is 8.56. The van der Waals surface area contributed by atoms with Crippen molar-refractivity contribution in [2.24, 2.45) is 0 Å². The fourth-order valence-electron chi connectivity index (χ4n) is 2.40. The predicted molar refractivity (Wildman–Crippen MR) is 104 cm³/mol. The molecule has 3 amide bonds. The van der Waals surface area contributed by atoms with E-state index in [1.165, 1.54) is 11.3 Å². The van der Waals surface area contributed by atoms with Crippen LogP contribution >= 0.6 is 11.3 Å². The molecule has 1 aromatic heterocycles. The highest BCUT2D eigenvalue weighted by Crippen LogP contribution is 2.12. The summed E-state index contributed by atoms with van der Waals surface area (Å²) in [4.78, 5) is 38.4. The highest BCUT2D eigenvalue weighted by atomic mass is 32.1. The van der Waals surface area contributed by atoms with Crippen LogP contribution in [-0.4, -0.2) is 42.3 Å². The Hall–Kier alpha value is -2.67. The van der Waals surface area contributed by atoms with Gasteiger partial charge < -0.3 is 15.5 Å². The molecule has 0 atom stereocenters. The molecule has 0 fully saturated rings. The second-order valence-corrected chi connectivity index (χ2v) is 6.53. The molecule has 2 N–H and O–H groups in total. The summed E-state index contributed by atoms with van der Waals surface area (Å²) in [5.74, 6) is -0.393. The van der Waals surface area contributed by atoms with Gasteiger partial charge in [0.25, 0.3) is 11.8 Å². The summed E-state index contributed by atoms with van der Waals surface area (Å²) in [6, 6.07) is 10.4. The smallest absolute Gasteiger partial charge is 0.261 e. The topological polar surface area (TPSA) is 78.5 Å². The first kappa shape index (κ1) is 19.7. The third-order valence-electron chi connectivity index (χ3n) is 3.85. The van der Waals surface area contributed by atoms with Gasteiger partial charge in [0.15, 0.2) is 0 Å². The maximum absolute atomic E-state index is 12.2.